The summed E-state index contributed by atoms with van der Waals surface area (Å²) in [6.45, 7) is 0.689. The van der Waals surface area contributed by atoms with E-state index in [1.807, 2.05) is 12.1 Å². The van der Waals surface area contributed by atoms with Gasteiger partial charge in [0.25, 0.3) is 0 Å². The Hall–Kier alpha value is -1.42. The van der Waals surface area contributed by atoms with Crippen LogP contribution in [0.25, 0.3) is 0 Å². The van der Waals surface area contributed by atoms with Gasteiger partial charge in [0.15, 0.2) is 0 Å². The molecule has 16 heavy (non-hydrogen) atoms. The largest absolute Gasteiger partial charge is 0.356 e. The predicted octanol–water partition coefficient (Wildman–Crippen LogP) is 0.478. The highest BCUT2D eigenvalue weighted by Gasteiger charge is 2.31. The number of hydrogen-bond acceptors (Lipinski definition) is 3. The van der Waals surface area contributed by atoms with Gasteiger partial charge in [0, 0.05) is 30.9 Å². The topological polar surface area (TPSA) is 68.0 Å². The molecule has 0 unspecified atom stereocenters. The van der Waals surface area contributed by atoms with Crippen molar-refractivity contribution in [3.63, 3.8) is 0 Å². The summed E-state index contributed by atoms with van der Waals surface area (Å²) >= 11 is 0. The van der Waals surface area contributed by atoms with E-state index < -0.39 is 0 Å². The van der Waals surface area contributed by atoms with Gasteiger partial charge in [0.05, 0.1) is 0 Å². The predicted molar refractivity (Wildman–Crippen MR) is 61.7 cm³/mol. The molecule has 3 N–H and O–H groups in total. The van der Waals surface area contributed by atoms with Crippen molar-refractivity contribution in [1.82, 2.24) is 10.3 Å². The standard InChI is InChI=1S/C12H17N3O/c13-11-7-10(8-11)12(16)15-6-3-9-1-4-14-5-2-9/h1-2,4-5,10-11H,3,6-8,13H2,(H,15,16). The highest BCUT2D eigenvalue weighted by Crippen LogP contribution is 2.25. The maximum absolute atomic E-state index is 11.6. The zero-order chi connectivity index (χ0) is 11.4. The minimum absolute atomic E-state index is 0.146. The summed E-state index contributed by atoms with van der Waals surface area (Å²) in [6.07, 6.45) is 6.05. The number of amides is 1. The number of hydrogen-bond donors (Lipinski definition) is 2. The van der Waals surface area contributed by atoms with Gasteiger partial charge in [-0.3, -0.25) is 9.78 Å². The van der Waals surface area contributed by atoms with Gasteiger partial charge >= 0.3 is 0 Å². The fourth-order valence-corrected chi connectivity index (χ4v) is 1.90. The molecule has 1 fully saturated rings. The molecule has 0 radical (unpaired) electrons. The van der Waals surface area contributed by atoms with Crippen LogP contribution in [0.15, 0.2) is 24.5 Å². The molecule has 1 saturated carbocycles. The zero-order valence-corrected chi connectivity index (χ0v) is 9.23. The molecule has 0 bridgehead atoms. The molecular formula is C12H17N3O. The average molecular weight is 219 g/mol. The minimum atomic E-state index is 0.146. The van der Waals surface area contributed by atoms with Crippen LogP contribution in [0.2, 0.25) is 0 Å². The molecular weight excluding hydrogens is 202 g/mol. The van der Waals surface area contributed by atoms with Crippen LogP contribution >= 0.6 is 0 Å². The van der Waals surface area contributed by atoms with Crippen LogP contribution in [-0.4, -0.2) is 23.5 Å². The van der Waals surface area contributed by atoms with Gasteiger partial charge in [-0.2, -0.15) is 0 Å². The van der Waals surface area contributed by atoms with Gasteiger partial charge in [-0.05, 0) is 37.0 Å². The van der Waals surface area contributed by atoms with Gasteiger partial charge in [0.1, 0.15) is 0 Å². The second kappa shape index (κ2) is 5.07. The third-order valence-corrected chi connectivity index (χ3v) is 3.01. The van der Waals surface area contributed by atoms with Crippen molar-refractivity contribution in [1.29, 1.82) is 0 Å². The van der Waals surface area contributed by atoms with Crippen molar-refractivity contribution >= 4 is 5.91 Å². The Bertz CT molecular complexity index is 347. The number of nitrogens with two attached hydrogens (primary N) is 1. The molecule has 0 atom stereocenters. The lowest BCUT2D eigenvalue weighted by atomic mass is 9.80. The molecule has 1 heterocycles. The second-order valence-corrected chi connectivity index (χ2v) is 4.32. The fourth-order valence-electron chi connectivity index (χ4n) is 1.90. The van der Waals surface area contributed by atoms with Crippen LogP contribution < -0.4 is 11.1 Å². The van der Waals surface area contributed by atoms with E-state index in [4.69, 9.17) is 5.73 Å². The minimum Gasteiger partial charge on any atom is -0.356 e. The van der Waals surface area contributed by atoms with E-state index in [0.29, 0.717) is 6.54 Å². The number of rotatable bonds is 4. The SMILES string of the molecule is NC1CC(C(=O)NCCc2ccncc2)C1. The maximum atomic E-state index is 11.6. The number of aromatic nitrogens is 1. The molecule has 1 aromatic heterocycles. The third kappa shape index (κ3) is 2.79. The molecule has 4 nitrogen and oxygen atoms in total. The average Bonchev–Trinajstić information content (AvgIpc) is 2.26. The van der Waals surface area contributed by atoms with E-state index in [9.17, 15) is 4.79 Å². The number of pyridine rings is 1. The fraction of sp³-hybridized carbons (Fsp3) is 0.500. The molecule has 0 spiro atoms. The lowest BCUT2D eigenvalue weighted by Crippen LogP contribution is -2.45. The molecule has 1 aromatic rings. The molecule has 2 rings (SSSR count). The van der Waals surface area contributed by atoms with E-state index in [2.05, 4.69) is 10.3 Å². The van der Waals surface area contributed by atoms with E-state index in [1.165, 1.54) is 5.56 Å². The van der Waals surface area contributed by atoms with Crippen molar-refractivity contribution in [2.75, 3.05) is 6.54 Å². The number of carbonyl (C=O) groups is 1. The van der Waals surface area contributed by atoms with Crippen molar-refractivity contribution in [3.8, 4) is 0 Å². The molecule has 4 heteroatoms. The van der Waals surface area contributed by atoms with E-state index >= 15 is 0 Å². The molecule has 1 aliphatic carbocycles. The van der Waals surface area contributed by atoms with E-state index in [-0.39, 0.29) is 17.9 Å². The van der Waals surface area contributed by atoms with Gasteiger partial charge in [-0.25, -0.2) is 0 Å². The number of carbonyl (C=O) groups excluding carboxylic acids is 1. The highest BCUT2D eigenvalue weighted by atomic mass is 16.1. The third-order valence-electron chi connectivity index (χ3n) is 3.01. The number of nitrogens with one attached hydrogen (secondary N) is 1. The molecule has 1 amide bonds. The summed E-state index contributed by atoms with van der Waals surface area (Å²) in [7, 11) is 0. The zero-order valence-electron chi connectivity index (χ0n) is 9.23. The van der Waals surface area contributed by atoms with Crippen LogP contribution in [0, 0.1) is 5.92 Å². The van der Waals surface area contributed by atoms with Gasteiger partial charge in [-0.1, -0.05) is 0 Å². The van der Waals surface area contributed by atoms with Gasteiger partial charge in [0.2, 0.25) is 5.91 Å². The van der Waals surface area contributed by atoms with Crippen molar-refractivity contribution in [2.24, 2.45) is 11.7 Å². The van der Waals surface area contributed by atoms with Gasteiger partial charge < -0.3 is 11.1 Å². The first-order chi connectivity index (χ1) is 7.75. The lowest BCUT2D eigenvalue weighted by Gasteiger charge is -2.31. The Morgan fingerprint density at radius 1 is 1.44 bits per heavy atom. The van der Waals surface area contributed by atoms with Crippen LogP contribution in [-0.2, 0) is 11.2 Å². The van der Waals surface area contributed by atoms with Crippen molar-refractivity contribution in [3.05, 3.63) is 30.1 Å². The summed E-state index contributed by atoms with van der Waals surface area (Å²) in [5, 5.41) is 2.94. The molecule has 86 valence electrons. The quantitative estimate of drug-likeness (QED) is 0.774. The van der Waals surface area contributed by atoms with Gasteiger partial charge in [-0.15, -0.1) is 0 Å². The summed E-state index contributed by atoms with van der Waals surface area (Å²) in [6, 6.07) is 4.16. The number of nitrogens with zero attached hydrogens (tertiary/aromatic N) is 1. The Balaban J connectivity index is 1.67. The molecule has 0 saturated heterocycles. The Morgan fingerprint density at radius 2 is 2.12 bits per heavy atom. The summed E-state index contributed by atoms with van der Waals surface area (Å²) in [5.41, 5.74) is 6.83. The van der Waals surface area contributed by atoms with Crippen molar-refractivity contribution in [2.45, 2.75) is 25.3 Å². The first-order valence-corrected chi connectivity index (χ1v) is 5.68. The van der Waals surface area contributed by atoms with Crippen LogP contribution in [0.1, 0.15) is 18.4 Å². The monoisotopic (exact) mass is 219 g/mol. The maximum Gasteiger partial charge on any atom is 0.223 e. The molecule has 0 aromatic carbocycles. The molecule has 1 aliphatic rings. The van der Waals surface area contributed by atoms with Crippen LogP contribution in [0.4, 0.5) is 0 Å². The summed E-state index contributed by atoms with van der Waals surface area (Å²) in [4.78, 5) is 15.5. The first-order valence-electron chi connectivity index (χ1n) is 5.68. The highest BCUT2D eigenvalue weighted by molar-refractivity contribution is 5.79. The summed E-state index contributed by atoms with van der Waals surface area (Å²) in [5.74, 6) is 0.295. The Kier molecular flexibility index (Phi) is 3.51. The molecule has 0 aliphatic heterocycles. The second-order valence-electron chi connectivity index (χ2n) is 4.32. The van der Waals surface area contributed by atoms with E-state index in [1.54, 1.807) is 12.4 Å². The summed E-state index contributed by atoms with van der Waals surface area (Å²) < 4.78 is 0. The van der Waals surface area contributed by atoms with Crippen LogP contribution in [0.3, 0.4) is 0 Å². The lowest BCUT2D eigenvalue weighted by molar-refractivity contribution is -0.127. The van der Waals surface area contributed by atoms with Crippen LogP contribution in [0.5, 0.6) is 0 Å². The normalized spacial score (nSPS) is 23.6. The first kappa shape index (κ1) is 11.1. The Morgan fingerprint density at radius 3 is 2.75 bits per heavy atom. The van der Waals surface area contributed by atoms with E-state index in [0.717, 1.165) is 19.3 Å². The van der Waals surface area contributed by atoms with Crippen molar-refractivity contribution < 1.29 is 4.79 Å². The Labute approximate surface area is 95.3 Å². The smallest absolute Gasteiger partial charge is 0.223 e.